The van der Waals surface area contributed by atoms with Crippen LogP contribution in [0.3, 0.4) is 0 Å². The summed E-state index contributed by atoms with van der Waals surface area (Å²) in [6.07, 6.45) is 1.61. The number of esters is 2. The van der Waals surface area contributed by atoms with Gasteiger partial charge in [0, 0.05) is 18.4 Å². The van der Waals surface area contributed by atoms with Gasteiger partial charge in [0.2, 0.25) is 0 Å². The summed E-state index contributed by atoms with van der Waals surface area (Å²) in [5.74, 6) is -0.545. The molecule has 0 spiro atoms. The monoisotopic (exact) mass is 310 g/mol. The lowest BCUT2D eigenvalue weighted by Crippen LogP contribution is -2.13. The third-order valence-corrected chi connectivity index (χ3v) is 3.21. The van der Waals surface area contributed by atoms with E-state index in [0.29, 0.717) is 13.0 Å². The fourth-order valence-corrected chi connectivity index (χ4v) is 2.01. The molecule has 2 saturated heterocycles. The number of aliphatic hydroxyl groups excluding tert-OH is 1. The van der Waals surface area contributed by atoms with Gasteiger partial charge < -0.3 is 14.6 Å². The van der Waals surface area contributed by atoms with Crippen LogP contribution >= 0.6 is 0 Å². The summed E-state index contributed by atoms with van der Waals surface area (Å²) in [5.41, 5.74) is 0. The number of rotatable bonds is 4. The van der Waals surface area contributed by atoms with Crippen molar-refractivity contribution < 1.29 is 36.8 Å². The molecule has 9 heteroatoms. The maximum Gasteiger partial charge on any atom is 0.306 e. The second-order valence-corrected chi connectivity index (χ2v) is 6.32. The summed E-state index contributed by atoms with van der Waals surface area (Å²) < 4.78 is 34.7. The number of hydrogen-bond donors (Lipinski definition) is 1. The van der Waals surface area contributed by atoms with Crippen molar-refractivity contribution in [3.8, 4) is 0 Å². The van der Waals surface area contributed by atoms with Crippen molar-refractivity contribution in [2.45, 2.75) is 12.8 Å². The van der Waals surface area contributed by atoms with Crippen LogP contribution in [0.2, 0.25) is 0 Å². The van der Waals surface area contributed by atoms with E-state index in [1.54, 1.807) is 0 Å². The van der Waals surface area contributed by atoms with Crippen LogP contribution in [0.1, 0.15) is 12.8 Å². The second kappa shape index (κ2) is 7.55. The molecular formula is C11H18O8S. The van der Waals surface area contributed by atoms with E-state index < -0.39 is 10.1 Å². The van der Waals surface area contributed by atoms with Crippen LogP contribution in [0.5, 0.6) is 0 Å². The van der Waals surface area contributed by atoms with Gasteiger partial charge in [0.15, 0.2) is 0 Å². The van der Waals surface area contributed by atoms with Crippen LogP contribution in [-0.4, -0.2) is 58.1 Å². The molecule has 20 heavy (non-hydrogen) atoms. The Hall–Kier alpha value is -1.19. The number of carbonyl (C=O) groups is 2. The maximum atomic E-state index is 10.6. The number of carbonyl (C=O) groups excluding carboxylic acids is 2. The molecule has 116 valence electrons. The van der Waals surface area contributed by atoms with Crippen LogP contribution in [-0.2, 0) is 33.4 Å². The average Bonchev–Trinajstić information content (AvgIpc) is 2.95. The Morgan fingerprint density at radius 2 is 1.65 bits per heavy atom. The zero-order valence-corrected chi connectivity index (χ0v) is 11.9. The minimum atomic E-state index is -3.40. The van der Waals surface area contributed by atoms with Crippen LogP contribution < -0.4 is 0 Å². The van der Waals surface area contributed by atoms with E-state index in [9.17, 15) is 18.0 Å². The molecule has 2 fully saturated rings. The first kappa shape index (κ1) is 16.9. The molecule has 2 unspecified atom stereocenters. The molecular weight excluding hydrogens is 292 g/mol. The van der Waals surface area contributed by atoms with Crippen molar-refractivity contribution in [1.82, 2.24) is 0 Å². The van der Waals surface area contributed by atoms with Gasteiger partial charge in [0.05, 0.1) is 38.9 Å². The third-order valence-electron chi connectivity index (χ3n) is 2.65. The third kappa shape index (κ3) is 6.83. The molecule has 2 heterocycles. The van der Waals surface area contributed by atoms with Crippen LogP contribution in [0.25, 0.3) is 0 Å². The molecule has 2 atom stereocenters. The number of hydrogen-bond acceptors (Lipinski definition) is 8. The maximum absolute atomic E-state index is 10.6. The highest BCUT2D eigenvalue weighted by Gasteiger charge is 2.25. The fraction of sp³-hybridized carbons (Fsp3) is 0.818. The molecule has 0 radical (unpaired) electrons. The molecule has 0 aliphatic carbocycles. The molecule has 2 aliphatic rings. The van der Waals surface area contributed by atoms with Gasteiger partial charge in [-0.25, -0.2) is 0 Å². The predicted molar refractivity (Wildman–Crippen MR) is 66.0 cm³/mol. The van der Waals surface area contributed by atoms with Crippen molar-refractivity contribution >= 4 is 22.1 Å². The van der Waals surface area contributed by atoms with Gasteiger partial charge in [-0.15, -0.1) is 0 Å². The quantitative estimate of drug-likeness (QED) is 0.523. The SMILES string of the molecule is CS(=O)(=O)OCC1COC(=O)C1.O=C1CC(CO)CO1. The molecule has 1 N–H and O–H groups in total. The highest BCUT2D eigenvalue weighted by atomic mass is 32.2. The Bertz CT molecular complexity index is 443. The zero-order valence-electron chi connectivity index (χ0n) is 11.1. The lowest BCUT2D eigenvalue weighted by Gasteiger charge is -2.04. The van der Waals surface area contributed by atoms with E-state index in [1.165, 1.54) is 0 Å². The summed E-state index contributed by atoms with van der Waals surface area (Å²) >= 11 is 0. The van der Waals surface area contributed by atoms with Gasteiger partial charge in [-0.1, -0.05) is 0 Å². The Balaban J connectivity index is 0.000000217. The van der Waals surface area contributed by atoms with Crippen molar-refractivity contribution in [3.63, 3.8) is 0 Å². The number of cyclic esters (lactones) is 2. The first-order valence-corrected chi connectivity index (χ1v) is 7.88. The lowest BCUT2D eigenvalue weighted by atomic mass is 10.1. The van der Waals surface area contributed by atoms with E-state index >= 15 is 0 Å². The highest BCUT2D eigenvalue weighted by Crippen LogP contribution is 2.14. The van der Waals surface area contributed by atoms with Gasteiger partial charge in [0.1, 0.15) is 0 Å². The van der Waals surface area contributed by atoms with E-state index in [0.717, 1.165) is 6.26 Å². The standard InChI is InChI=1S/C6H10O5S.C5H8O3/c1-12(8,9)11-4-5-2-6(7)10-3-5;6-2-4-1-5(7)8-3-4/h5H,2-4H2,1H3;4,6H,1-3H2. The topological polar surface area (TPSA) is 116 Å². The van der Waals surface area contributed by atoms with Gasteiger partial charge in [-0.3, -0.25) is 13.8 Å². The van der Waals surface area contributed by atoms with E-state index in [2.05, 4.69) is 13.7 Å². The van der Waals surface area contributed by atoms with Crippen LogP contribution in [0, 0.1) is 11.8 Å². The van der Waals surface area contributed by atoms with Gasteiger partial charge in [-0.05, 0) is 0 Å². The average molecular weight is 310 g/mol. The minimum absolute atomic E-state index is 0.0323. The highest BCUT2D eigenvalue weighted by molar-refractivity contribution is 7.85. The largest absolute Gasteiger partial charge is 0.465 e. The molecule has 0 aromatic carbocycles. The van der Waals surface area contributed by atoms with Crippen molar-refractivity contribution in [3.05, 3.63) is 0 Å². The van der Waals surface area contributed by atoms with Gasteiger partial charge in [-0.2, -0.15) is 8.42 Å². The Labute approximate surface area is 117 Å². The van der Waals surface area contributed by atoms with Crippen LogP contribution in [0.15, 0.2) is 0 Å². The van der Waals surface area contributed by atoms with Gasteiger partial charge in [0.25, 0.3) is 10.1 Å². The molecule has 0 amide bonds. The molecule has 0 bridgehead atoms. The van der Waals surface area contributed by atoms with Crippen molar-refractivity contribution in [2.24, 2.45) is 11.8 Å². The molecule has 0 aromatic heterocycles. The van der Waals surface area contributed by atoms with Crippen molar-refractivity contribution in [2.75, 3.05) is 32.7 Å². The normalized spacial score (nSPS) is 25.7. The molecule has 0 aromatic rings. The van der Waals surface area contributed by atoms with Crippen LogP contribution in [0.4, 0.5) is 0 Å². The summed E-state index contributed by atoms with van der Waals surface area (Å²) in [5, 5.41) is 8.45. The van der Waals surface area contributed by atoms with E-state index in [-0.39, 0.29) is 50.0 Å². The predicted octanol–water partition coefficient (Wildman–Crippen LogP) is -0.932. The summed E-state index contributed by atoms with van der Waals surface area (Å²) in [4.78, 5) is 20.8. The first-order valence-electron chi connectivity index (χ1n) is 6.06. The van der Waals surface area contributed by atoms with E-state index in [4.69, 9.17) is 5.11 Å². The molecule has 8 nitrogen and oxygen atoms in total. The Morgan fingerprint density at radius 3 is 1.95 bits per heavy atom. The summed E-state index contributed by atoms with van der Waals surface area (Å²) in [6.45, 7) is 0.750. The van der Waals surface area contributed by atoms with Gasteiger partial charge >= 0.3 is 11.9 Å². The summed E-state index contributed by atoms with van der Waals surface area (Å²) in [7, 11) is -3.40. The number of ether oxygens (including phenoxy) is 2. The first-order chi connectivity index (χ1) is 9.30. The number of aliphatic hydroxyl groups is 1. The molecule has 2 aliphatic heterocycles. The van der Waals surface area contributed by atoms with E-state index in [1.807, 2.05) is 0 Å². The Morgan fingerprint density at radius 1 is 1.15 bits per heavy atom. The molecule has 2 rings (SSSR count). The van der Waals surface area contributed by atoms with Crippen molar-refractivity contribution in [1.29, 1.82) is 0 Å². The lowest BCUT2D eigenvalue weighted by molar-refractivity contribution is -0.138. The molecule has 0 saturated carbocycles. The zero-order chi connectivity index (χ0) is 15.2. The Kier molecular flexibility index (Phi) is 6.37. The summed E-state index contributed by atoms with van der Waals surface area (Å²) in [6, 6.07) is 0. The minimum Gasteiger partial charge on any atom is -0.465 e. The fourth-order valence-electron chi connectivity index (χ4n) is 1.57. The second-order valence-electron chi connectivity index (χ2n) is 4.68. The smallest absolute Gasteiger partial charge is 0.306 e.